The molecule has 0 aromatic heterocycles. The van der Waals surface area contributed by atoms with E-state index in [0.717, 1.165) is 12.5 Å². The summed E-state index contributed by atoms with van der Waals surface area (Å²) in [7, 11) is 0. The third-order valence-electron chi connectivity index (χ3n) is 8.35. The number of ketones is 1. The van der Waals surface area contributed by atoms with Crippen LogP contribution in [0.4, 0.5) is 8.78 Å². The number of hydrogen-bond donors (Lipinski definition) is 1. The number of halogens is 3. The lowest BCUT2D eigenvalue weighted by Crippen LogP contribution is -2.59. The number of fused-ring (bicyclic) bond motifs is 5. The van der Waals surface area contributed by atoms with Gasteiger partial charge in [-0.3, -0.25) is 9.59 Å². The van der Waals surface area contributed by atoms with Gasteiger partial charge in [-0.15, -0.1) is 11.6 Å². The Hall–Kier alpha value is -1.27. The van der Waals surface area contributed by atoms with Gasteiger partial charge in [-0.25, -0.2) is 8.78 Å². The summed E-state index contributed by atoms with van der Waals surface area (Å²) in [6.07, 6.45) is 1.05. The number of allylic oxidation sites excluding steroid dienone is 4. The summed E-state index contributed by atoms with van der Waals surface area (Å²) in [4.78, 5) is 24.1. The van der Waals surface area contributed by atoms with Crippen LogP contribution in [0.25, 0.3) is 0 Å². The summed E-state index contributed by atoms with van der Waals surface area (Å²) in [5.41, 5.74) is -1.70. The van der Waals surface area contributed by atoms with Gasteiger partial charge >= 0.3 is 5.97 Å². The highest BCUT2D eigenvalue weighted by Crippen LogP contribution is 2.66. The second kappa shape index (κ2) is 7.13. The molecule has 10 atom stereocenters. The van der Waals surface area contributed by atoms with Crippen molar-refractivity contribution < 1.29 is 28.2 Å². The molecular formula is C23H29ClF2O4. The number of hydrogen-bond acceptors (Lipinski definition) is 4. The third kappa shape index (κ3) is 2.93. The van der Waals surface area contributed by atoms with Gasteiger partial charge < -0.3 is 9.84 Å². The molecule has 0 aliphatic heterocycles. The maximum Gasteiger partial charge on any atom is 0.324 e. The maximum atomic E-state index is 15.3. The lowest BCUT2D eigenvalue weighted by Gasteiger charge is -2.58. The van der Waals surface area contributed by atoms with Crippen molar-refractivity contribution in [3.05, 3.63) is 23.6 Å². The number of alkyl halides is 2. The molecule has 3 saturated carbocycles. The van der Waals surface area contributed by atoms with E-state index < -0.39 is 58.1 Å². The first-order valence-electron chi connectivity index (χ1n) is 10.7. The van der Waals surface area contributed by atoms with Gasteiger partial charge in [-0.2, -0.15) is 0 Å². The van der Waals surface area contributed by atoms with Gasteiger partial charge in [-0.1, -0.05) is 26.8 Å². The van der Waals surface area contributed by atoms with Crippen LogP contribution in [0, 0.1) is 34.5 Å². The number of ether oxygens (including phenoxy) is 1. The van der Waals surface area contributed by atoms with Crippen LogP contribution in [0.3, 0.4) is 0 Å². The van der Waals surface area contributed by atoms with Crippen molar-refractivity contribution in [2.75, 3.05) is 0 Å². The maximum absolute atomic E-state index is 15.3. The highest BCUT2D eigenvalue weighted by atomic mass is 35.5. The molecule has 0 saturated heterocycles. The Morgan fingerprint density at radius 1 is 1.37 bits per heavy atom. The van der Waals surface area contributed by atoms with E-state index in [1.165, 1.54) is 0 Å². The first-order chi connectivity index (χ1) is 13.9. The minimum atomic E-state index is -1.58. The largest absolute Gasteiger partial charge is 0.460 e. The van der Waals surface area contributed by atoms with Crippen LogP contribution < -0.4 is 0 Å². The molecule has 0 aromatic carbocycles. The highest BCUT2D eigenvalue weighted by molar-refractivity contribution is 6.29. The van der Waals surface area contributed by atoms with Gasteiger partial charge in [0.05, 0.1) is 6.10 Å². The molecule has 0 bridgehead atoms. The van der Waals surface area contributed by atoms with E-state index in [1.54, 1.807) is 19.9 Å². The van der Waals surface area contributed by atoms with Crippen molar-refractivity contribution in [2.24, 2.45) is 34.5 Å². The minimum absolute atomic E-state index is 0.00930. The molecule has 0 radical (unpaired) electrons. The molecule has 0 heterocycles. The normalized spacial score (nSPS) is 48.7. The molecule has 30 heavy (non-hydrogen) atoms. The van der Waals surface area contributed by atoms with E-state index in [1.807, 2.05) is 13.8 Å². The van der Waals surface area contributed by atoms with Gasteiger partial charge in [0, 0.05) is 22.3 Å². The van der Waals surface area contributed by atoms with Gasteiger partial charge in [0.2, 0.25) is 5.78 Å². The molecule has 0 amide bonds. The molecule has 4 nitrogen and oxygen atoms in total. The first-order valence-corrected chi connectivity index (χ1v) is 11.2. The van der Waals surface area contributed by atoms with E-state index in [0.29, 0.717) is 6.42 Å². The number of carbonyl (C=O) groups excluding carboxylic acids is 2. The molecule has 1 N–H and O–H groups in total. The van der Waals surface area contributed by atoms with E-state index in [4.69, 9.17) is 16.3 Å². The number of esters is 1. The first kappa shape index (κ1) is 21.9. The predicted octanol–water partition coefficient (Wildman–Crippen LogP) is 4.30. The fourth-order valence-electron chi connectivity index (χ4n) is 7.23. The van der Waals surface area contributed by atoms with Crippen LogP contribution in [-0.4, -0.2) is 40.6 Å². The SMILES string of the molecule is CC(Cl)C(=O)O[C@@H]1[C@H](C)C[C@H]2[C@@H]3C[C@H](F)C4=C(F)C(=O)C=C[C@]4(C)[C@H]3[C@@H](O)C[C@]12C. The van der Waals surface area contributed by atoms with Gasteiger partial charge in [0.25, 0.3) is 0 Å². The zero-order valence-electron chi connectivity index (χ0n) is 17.7. The standard InChI is InChI=1S/C23H29ClF2O4/c1-10-7-13-12-8-14(25)18-19(26)15(27)5-6-22(18,3)17(12)16(28)9-23(13,4)20(10)30-21(29)11(2)24/h5-6,10-14,16-17,20,28H,7-9H2,1-4H3/t10-,11?,12+,13+,14+,16+,17-,20-,22-,23+/m1/s1. The van der Waals surface area contributed by atoms with Crippen LogP contribution >= 0.6 is 11.6 Å². The van der Waals surface area contributed by atoms with Gasteiger partial charge in [0.15, 0.2) is 5.83 Å². The number of carbonyl (C=O) groups is 2. The molecular weight excluding hydrogens is 414 g/mol. The summed E-state index contributed by atoms with van der Waals surface area (Å²) in [5, 5.41) is 10.5. The van der Waals surface area contributed by atoms with Crippen molar-refractivity contribution in [3.63, 3.8) is 0 Å². The van der Waals surface area contributed by atoms with Crippen LogP contribution in [0.1, 0.15) is 47.0 Å². The second-order valence-corrected chi connectivity index (χ2v) is 10.8. The topological polar surface area (TPSA) is 63.6 Å². The van der Waals surface area contributed by atoms with Crippen molar-refractivity contribution in [1.82, 2.24) is 0 Å². The Kier molecular flexibility index (Phi) is 5.21. The molecule has 4 aliphatic rings. The summed E-state index contributed by atoms with van der Waals surface area (Å²) in [6.45, 7) is 7.29. The molecule has 166 valence electrons. The van der Waals surface area contributed by atoms with Crippen LogP contribution in [0.5, 0.6) is 0 Å². The summed E-state index contributed by atoms with van der Waals surface area (Å²) in [5.74, 6) is -2.89. The Bertz CT molecular complexity index is 839. The Morgan fingerprint density at radius 3 is 2.67 bits per heavy atom. The quantitative estimate of drug-likeness (QED) is 0.511. The number of rotatable bonds is 2. The number of aliphatic hydroxyl groups is 1. The van der Waals surface area contributed by atoms with Crippen LogP contribution in [-0.2, 0) is 14.3 Å². The Labute approximate surface area is 180 Å². The average Bonchev–Trinajstić information content (AvgIpc) is 2.89. The summed E-state index contributed by atoms with van der Waals surface area (Å²) < 4.78 is 35.7. The lowest BCUT2D eigenvalue weighted by atomic mass is 9.47. The van der Waals surface area contributed by atoms with Crippen LogP contribution in [0.2, 0.25) is 0 Å². The van der Waals surface area contributed by atoms with Crippen LogP contribution in [0.15, 0.2) is 23.6 Å². The zero-order chi connectivity index (χ0) is 22.2. The Balaban J connectivity index is 1.73. The summed E-state index contributed by atoms with van der Waals surface area (Å²) in [6, 6.07) is 0. The molecule has 1 unspecified atom stereocenters. The van der Waals surface area contributed by atoms with Crippen molar-refractivity contribution in [1.29, 1.82) is 0 Å². The lowest BCUT2D eigenvalue weighted by molar-refractivity contribution is -0.171. The highest BCUT2D eigenvalue weighted by Gasteiger charge is 2.66. The van der Waals surface area contributed by atoms with Gasteiger partial charge in [-0.05, 0) is 50.0 Å². The third-order valence-corrected chi connectivity index (χ3v) is 8.53. The molecule has 4 rings (SSSR count). The molecule has 3 fully saturated rings. The summed E-state index contributed by atoms with van der Waals surface area (Å²) >= 11 is 5.90. The second-order valence-electron chi connectivity index (χ2n) is 10.2. The minimum Gasteiger partial charge on any atom is -0.460 e. The van der Waals surface area contributed by atoms with Crippen molar-refractivity contribution in [2.45, 2.75) is 70.7 Å². The fourth-order valence-corrected chi connectivity index (χ4v) is 7.28. The van der Waals surface area contributed by atoms with Crippen molar-refractivity contribution >= 4 is 23.4 Å². The van der Waals surface area contributed by atoms with Crippen molar-refractivity contribution in [3.8, 4) is 0 Å². The van der Waals surface area contributed by atoms with E-state index in [9.17, 15) is 19.1 Å². The fraction of sp³-hybridized carbons (Fsp3) is 0.739. The Morgan fingerprint density at radius 2 is 2.03 bits per heavy atom. The molecule has 0 spiro atoms. The monoisotopic (exact) mass is 442 g/mol. The van der Waals surface area contributed by atoms with E-state index in [-0.39, 0.29) is 29.7 Å². The smallest absolute Gasteiger partial charge is 0.324 e. The van der Waals surface area contributed by atoms with E-state index >= 15 is 4.39 Å². The molecule has 0 aromatic rings. The molecule has 4 aliphatic carbocycles. The number of aliphatic hydroxyl groups excluding tert-OH is 1. The average molecular weight is 443 g/mol. The van der Waals surface area contributed by atoms with Gasteiger partial charge in [0.1, 0.15) is 17.7 Å². The molecule has 7 heteroatoms. The zero-order valence-corrected chi connectivity index (χ0v) is 18.5. The van der Waals surface area contributed by atoms with E-state index in [2.05, 4.69) is 0 Å². The predicted molar refractivity (Wildman–Crippen MR) is 108 cm³/mol.